The zero-order valence-electron chi connectivity index (χ0n) is 16.6. The molecule has 0 heterocycles. The number of benzene rings is 2. The molecule has 0 spiro atoms. The maximum Gasteiger partial charge on any atom is 0.265 e. The number of rotatable bonds is 7. The van der Waals surface area contributed by atoms with Crippen LogP contribution in [0.2, 0.25) is 0 Å². The summed E-state index contributed by atoms with van der Waals surface area (Å²) in [6.45, 7) is 10.3. The largest absolute Gasteiger partial charge is 0.481 e. The first-order chi connectivity index (χ1) is 12.8. The molecule has 2 aromatic rings. The number of carbonyl (C=O) groups is 2. The topological polar surface area (TPSA) is 67.4 Å². The van der Waals surface area contributed by atoms with Crippen LogP contribution in [0.25, 0.3) is 0 Å². The summed E-state index contributed by atoms with van der Waals surface area (Å²) < 4.78 is 5.78. The average molecular weight is 368 g/mol. The van der Waals surface area contributed by atoms with Crippen molar-refractivity contribution in [2.75, 3.05) is 11.9 Å². The van der Waals surface area contributed by atoms with Crippen LogP contribution in [0.4, 0.5) is 5.69 Å². The highest BCUT2D eigenvalue weighted by molar-refractivity contribution is 6.04. The molecule has 0 unspecified atom stereocenters. The molecule has 2 N–H and O–H groups in total. The third kappa shape index (κ3) is 6.13. The third-order valence-corrected chi connectivity index (χ3v) is 3.98. The zero-order chi connectivity index (χ0) is 20.0. The fourth-order valence-corrected chi connectivity index (χ4v) is 2.68. The summed E-state index contributed by atoms with van der Waals surface area (Å²) in [5, 5.41) is 5.68. The van der Waals surface area contributed by atoms with Gasteiger partial charge >= 0.3 is 0 Å². The van der Waals surface area contributed by atoms with Gasteiger partial charge in [-0.05, 0) is 62.1 Å². The van der Waals surface area contributed by atoms with E-state index < -0.39 is 6.10 Å². The van der Waals surface area contributed by atoms with Crippen molar-refractivity contribution in [3.8, 4) is 5.75 Å². The molecular formula is C22H28N2O3. The summed E-state index contributed by atoms with van der Waals surface area (Å²) in [6.07, 6.45) is -0.696. The number of aryl methyl sites for hydroxylation is 2. The number of nitrogens with one attached hydrogen (secondary N) is 2. The Labute approximate surface area is 161 Å². The van der Waals surface area contributed by atoms with E-state index >= 15 is 0 Å². The van der Waals surface area contributed by atoms with Gasteiger partial charge in [-0.3, -0.25) is 9.59 Å². The molecule has 0 radical (unpaired) electrons. The minimum absolute atomic E-state index is 0.206. The molecule has 0 saturated carbocycles. The Bertz CT molecular complexity index is 795. The van der Waals surface area contributed by atoms with Gasteiger partial charge in [-0.1, -0.05) is 32.0 Å². The quantitative estimate of drug-likeness (QED) is 0.773. The van der Waals surface area contributed by atoms with Gasteiger partial charge in [0.2, 0.25) is 0 Å². The molecule has 0 aliphatic rings. The van der Waals surface area contributed by atoms with Gasteiger partial charge in [0.1, 0.15) is 5.75 Å². The van der Waals surface area contributed by atoms with Crippen LogP contribution in [0.3, 0.4) is 0 Å². The molecule has 0 bridgehead atoms. The van der Waals surface area contributed by atoms with E-state index in [2.05, 4.69) is 10.6 Å². The molecule has 0 saturated heterocycles. The van der Waals surface area contributed by atoms with Crippen molar-refractivity contribution in [2.24, 2.45) is 5.92 Å². The van der Waals surface area contributed by atoms with Gasteiger partial charge in [-0.25, -0.2) is 0 Å². The average Bonchev–Trinajstić information content (AvgIpc) is 2.59. The number of hydrogen-bond acceptors (Lipinski definition) is 3. The fourth-order valence-electron chi connectivity index (χ4n) is 2.68. The second kappa shape index (κ2) is 9.21. The second-order valence-corrected chi connectivity index (χ2v) is 7.22. The Hall–Kier alpha value is -2.82. The van der Waals surface area contributed by atoms with E-state index in [1.807, 2.05) is 45.9 Å². The molecule has 0 fully saturated rings. The Kier molecular flexibility index (Phi) is 6.99. The van der Waals surface area contributed by atoms with Gasteiger partial charge in [0, 0.05) is 6.54 Å². The zero-order valence-corrected chi connectivity index (χ0v) is 16.6. The van der Waals surface area contributed by atoms with Crippen LogP contribution in [0.15, 0.2) is 42.5 Å². The molecule has 5 nitrogen and oxygen atoms in total. The van der Waals surface area contributed by atoms with E-state index in [0.29, 0.717) is 29.5 Å². The van der Waals surface area contributed by atoms with Crippen molar-refractivity contribution < 1.29 is 14.3 Å². The molecule has 0 aliphatic carbocycles. The van der Waals surface area contributed by atoms with E-state index in [0.717, 1.165) is 11.1 Å². The van der Waals surface area contributed by atoms with E-state index in [9.17, 15) is 9.59 Å². The molecule has 2 rings (SSSR count). The summed E-state index contributed by atoms with van der Waals surface area (Å²) in [4.78, 5) is 25.0. The van der Waals surface area contributed by atoms with Crippen molar-refractivity contribution in [1.29, 1.82) is 0 Å². The van der Waals surface area contributed by atoms with E-state index in [1.54, 1.807) is 31.2 Å². The Morgan fingerprint density at radius 1 is 1.00 bits per heavy atom. The monoisotopic (exact) mass is 368 g/mol. The van der Waals surface area contributed by atoms with Gasteiger partial charge in [0.15, 0.2) is 6.10 Å². The minimum atomic E-state index is -0.696. The minimum Gasteiger partial charge on any atom is -0.481 e. The molecule has 1 atom stereocenters. The smallest absolute Gasteiger partial charge is 0.265 e. The number of carbonyl (C=O) groups excluding carboxylic acids is 2. The Balaban J connectivity index is 2.07. The second-order valence-electron chi connectivity index (χ2n) is 7.22. The van der Waals surface area contributed by atoms with Crippen LogP contribution >= 0.6 is 0 Å². The van der Waals surface area contributed by atoms with Gasteiger partial charge in [-0.15, -0.1) is 0 Å². The van der Waals surface area contributed by atoms with Crippen molar-refractivity contribution in [2.45, 2.75) is 40.7 Å². The molecular weight excluding hydrogens is 340 g/mol. The van der Waals surface area contributed by atoms with Crippen LogP contribution < -0.4 is 15.4 Å². The standard InChI is InChI=1S/C22H28N2O3/c1-14(2)13-23-22(26)19-8-6-7-9-20(19)24-21(25)17(5)27-18-11-15(3)10-16(4)12-18/h6-12,14,17H,13H2,1-5H3,(H,23,26)(H,24,25)/t17-/m0/s1. The highest BCUT2D eigenvalue weighted by atomic mass is 16.5. The Morgan fingerprint density at radius 2 is 1.63 bits per heavy atom. The van der Waals surface area contributed by atoms with Crippen molar-refractivity contribution in [3.63, 3.8) is 0 Å². The maximum absolute atomic E-state index is 12.6. The van der Waals surface area contributed by atoms with Crippen LogP contribution in [0.5, 0.6) is 5.75 Å². The molecule has 2 aromatic carbocycles. The van der Waals surface area contributed by atoms with Gasteiger partial charge in [-0.2, -0.15) is 0 Å². The summed E-state index contributed by atoms with van der Waals surface area (Å²) >= 11 is 0. The van der Waals surface area contributed by atoms with Crippen LogP contribution in [0.1, 0.15) is 42.3 Å². The highest BCUT2D eigenvalue weighted by Crippen LogP contribution is 2.19. The normalized spacial score (nSPS) is 11.8. The lowest BCUT2D eigenvalue weighted by atomic mass is 10.1. The predicted octanol–water partition coefficient (Wildman–Crippen LogP) is 4.10. The summed E-state index contributed by atoms with van der Waals surface area (Å²) in [5.41, 5.74) is 3.05. The number of para-hydroxylation sites is 1. The Morgan fingerprint density at radius 3 is 2.26 bits per heavy atom. The molecule has 0 aromatic heterocycles. The van der Waals surface area contributed by atoms with Crippen LogP contribution in [0, 0.1) is 19.8 Å². The molecule has 2 amide bonds. The number of ether oxygens (including phenoxy) is 1. The summed E-state index contributed by atoms with van der Waals surface area (Å²) in [7, 11) is 0. The predicted molar refractivity (Wildman–Crippen MR) is 108 cm³/mol. The number of hydrogen-bond donors (Lipinski definition) is 2. The van der Waals surface area contributed by atoms with E-state index in [4.69, 9.17) is 4.74 Å². The number of anilines is 1. The first-order valence-electron chi connectivity index (χ1n) is 9.19. The molecule has 5 heteroatoms. The van der Waals surface area contributed by atoms with Gasteiger partial charge in [0.05, 0.1) is 11.3 Å². The number of amides is 2. The van der Waals surface area contributed by atoms with Crippen molar-refractivity contribution >= 4 is 17.5 Å². The lowest BCUT2D eigenvalue weighted by Crippen LogP contribution is -2.32. The van der Waals surface area contributed by atoms with Crippen LogP contribution in [-0.4, -0.2) is 24.5 Å². The van der Waals surface area contributed by atoms with Crippen molar-refractivity contribution in [1.82, 2.24) is 5.32 Å². The summed E-state index contributed by atoms with van der Waals surface area (Å²) in [5.74, 6) is 0.487. The van der Waals surface area contributed by atoms with Crippen LogP contribution in [-0.2, 0) is 4.79 Å². The molecule has 144 valence electrons. The van der Waals surface area contributed by atoms with Gasteiger partial charge in [0.25, 0.3) is 11.8 Å². The lowest BCUT2D eigenvalue weighted by Gasteiger charge is -2.17. The van der Waals surface area contributed by atoms with Crippen molar-refractivity contribution in [3.05, 3.63) is 59.2 Å². The fraction of sp³-hybridized carbons (Fsp3) is 0.364. The lowest BCUT2D eigenvalue weighted by molar-refractivity contribution is -0.122. The van der Waals surface area contributed by atoms with Gasteiger partial charge < -0.3 is 15.4 Å². The molecule has 27 heavy (non-hydrogen) atoms. The third-order valence-electron chi connectivity index (χ3n) is 3.98. The van der Waals surface area contributed by atoms with E-state index in [-0.39, 0.29) is 11.8 Å². The highest BCUT2D eigenvalue weighted by Gasteiger charge is 2.18. The SMILES string of the molecule is Cc1cc(C)cc(O[C@@H](C)C(=O)Nc2ccccc2C(=O)NCC(C)C)c1. The first-order valence-corrected chi connectivity index (χ1v) is 9.19. The molecule has 0 aliphatic heterocycles. The maximum atomic E-state index is 12.6. The van der Waals surface area contributed by atoms with E-state index in [1.165, 1.54) is 0 Å². The summed E-state index contributed by atoms with van der Waals surface area (Å²) in [6, 6.07) is 12.8. The first kappa shape index (κ1) is 20.5.